The third-order valence-electron chi connectivity index (χ3n) is 11.4. The molecule has 0 aromatic carbocycles. The van der Waals surface area contributed by atoms with Gasteiger partial charge < -0.3 is 14.8 Å². The quantitative estimate of drug-likeness (QED) is 0.0632. The van der Waals surface area contributed by atoms with Crippen LogP contribution in [0.15, 0.2) is 0 Å². The third kappa shape index (κ3) is 42.2. The van der Waals surface area contributed by atoms with Crippen molar-refractivity contribution in [2.75, 3.05) is 13.2 Å². The Labute approximate surface area is 334 Å². The van der Waals surface area contributed by atoms with E-state index < -0.39 is 0 Å². The summed E-state index contributed by atoms with van der Waals surface area (Å²) in [4.78, 5) is 12.8. The van der Waals surface area contributed by atoms with Gasteiger partial charge in [-0.3, -0.25) is 0 Å². The van der Waals surface area contributed by atoms with Crippen molar-refractivity contribution in [1.29, 1.82) is 0 Å². The summed E-state index contributed by atoms with van der Waals surface area (Å²) in [5.41, 5.74) is -0.149. The number of alkyl carbamates (subject to hydrolysis) is 1. The summed E-state index contributed by atoms with van der Waals surface area (Å²) >= 11 is 0. The average molecular weight is 750 g/mol. The fraction of sp³-hybridized carbons (Fsp3) is 0.980. The second-order valence-corrected chi connectivity index (χ2v) is 18.0. The lowest BCUT2D eigenvalue weighted by Gasteiger charge is -2.26. The molecule has 318 valence electrons. The largest absolute Gasteiger partial charge is 0.446 e. The highest BCUT2D eigenvalue weighted by atomic mass is 16.6. The molecule has 4 nitrogen and oxygen atoms in total. The molecule has 0 unspecified atom stereocenters. The van der Waals surface area contributed by atoms with E-state index in [0.29, 0.717) is 12.5 Å². The van der Waals surface area contributed by atoms with E-state index in [1.807, 2.05) is 0 Å². The number of amides is 1. The topological polar surface area (TPSA) is 47.6 Å². The molecule has 1 amide bonds. The maximum absolute atomic E-state index is 12.8. The summed E-state index contributed by atoms with van der Waals surface area (Å²) in [5.74, 6) is 0.661. The van der Waals surface area contributed by atoms with Gasteiger partial charge in [0, 0.05) is 13.2 Å². The van der Waals surface area contributed by atoms with Crippen LogP contribution >= 0.6 is 0 Å². The number of hydrogen-bond acceptors (Lipinski definition) is 3. The van der Waals surface area contributed by atoms with Crippen LogP contribution in [0, 0.1) is 5.92 Å². The Balaban J connectivity index is 4.18. The molecule has 4 heteroatoms. The van der Waals surface area contributed by atoms with E-state index in [0.717, 1.165) is 38.7 Å². The van der Waals surface area contributed by atoms with E-state index >= 15 is 0 Å². The smallest absolute Gasteiger partial charge is 0.407 e. The van der Waals surface area contributed by atoms with Crippen molar-refractivity contribution in [2.45, 2.75) is 291 Å². The summed E-state index contributed by atoms with van der Waals surface area (Å²) in [6.07, 6.45) is 49.2. The van der Waals surface area contributed by atoms with Gasteiger partial charge in [-0.2, -0.15) is 0 Å². The Hall–Kier alpha value is -0.770. The fourth-order valence-corrected chi connectivity index (χ4v) is 7.64. The van der Waals surface area contributed by atoms with Crippen molar-refractivity contribution in [3.05, 3.63) is 0 Å². The van der Waals surface area contributed by atoms with Crippen LogP contribution in [0.5, 0.6) is 0 Å². The van der Waals surface area contributed by atoms with E-state index in [1.165, 1.54) is 205 Å². The van der Waals surface area contributed by atoms with Crippen LogP contribution in [0.3, 0.4) is 0 Å². The molecule has 0 aliphatic carbocycles. The van der Waals surface area contributed by atoms with Gasteiger partial charge in [0.1, 0.15) is 6.10 Å². The number of ether oxygens (including phenoxy) is 2. The summed E-state index contributed by atoms with van der Waals surface area (Å²) in [7, 11) is 0. The number of hydrogen-bond donors (Lipinski definition) is 1. The first-order valence-corrected chi connectivity index (χ1v) is 24.4. The first kappa shape index (κ1) is 52.2. The van der Waals surface area contributed by atoms with Crippen molar-refractivity contribution in [3.63, 3.8) is 0 Å². The molecule has 53 heavy (non-hydrogen) atoms. The number of nitrogens with one attached hydrogen (secondary N) is 1. The number of carbonyl (C=O) groups is 1. The molecule has 0 aliphatic rings. The molecule has 0 heterocycles. The number of unbranched alkanes of at least 4 members (excludes halogenated alkanes) is 30. The second-order valence-electron chi connectivity index (χ2n) is 18.0. The standard InChI is InChI=1S/C49H99NO3/c1-7-9-11-13-15-17-19-21-23-25-27-29-31-33-35-37-40-47(53-48(51)50-44-39-43-49(5,6)52-45-42-46(3)4)41-38-36-34-32-30-28-26-24-22-20-18-16-14-12-10-8-2/h46-47H,7-45H2,1-6H3,(H,50,51). The lowest BCUT2D eigenvalue weighted by atomic mass is 10.0. The zero-order valence-corrected chi connectivity index (χ0v) is 37.5. The normalized spacial score (nSPS) is 12.0. The highest BCUT2D eigenvalue weighted by Crippen LogP contribution is 2.20. The highest BCUT2D eigenvalue weighted by Gasteiger charge is 2.19. The summed E-state index contributed by atoms with van der Waals surface area (Å²) in [5, 5.41) is 3.06. The van der Waals surface area contributed by atoms with Crippen molar-refractivity contribution < 1.29 is 14.3 Å². The minimum Gasteiger partial charge on any atom is -0.446 e. The Morgan fingerprint density at radius 2 is 0.792 bits per heavy atom. The molecule has 0 rings (SSSR count). The van der Waals surface area contributed by atoms with Gasteiger partial charge in [0.2, 0.25) is 0 Å². The highest BCUT2D eigenvalue weighted by molar-refractivity contribution is 5.67. The van der Waals surface area contributed by atoms with Crippen LogP contribution in [0.4, 0.5) is 4.79 Å². The predicted molar refractivity (Wildman–Crippen MR) is 235 cm³/mol. The molecule has 0 aromatic heterocycles. The van der Waals surface area contributed by atoms with Gasteiger partial charge in [0.15, 0.2) is 0 Å². The molecule has 0 bridgehead atoms. The second kappa shape index (κ2) is 40.9. The van der Waals surface area contributed by atoms with Gasteiger partial charge in [-0.15, -0.1) is 0 Å². The van der Waals surface area contributed by atoms with Crippen molar-refractivity contribution in [1.82, 2.24) is 5.32 Å². The molecular weight excluding hydrogens is 651 g/mol. The maximum Gasteiger partial charge on any atom is 0.407 e. The fourth-order valence-electron chi connectivity index (χ4n) is 7.64. The van der Waals surface area contributed by atoms with Crippen LogP contribution in [0.25, 0.3) is 0 Å². The molecule has 0 aliphatic heterocycles. The van der Waals surface area contributed by atoms with Gasteiger partial charge in [0.25, 0.3) is 0 Å². The van der Waals surface area contributed by atoms with Crippen molar-refractivity contribution >= 4 is 6.09 Å². The van der Waals surface area contributed by atoms with E-state index in [9.17, 15) is 4.79 Å². The molecular formula is C49H99NO3. The van der Waals surface area contributed by atoms with Crippen LogP contribution in [0.1, 0.15) is 279 Å². The van der Waals surface area contributed by atoms with Crippen LogP contribution in [0.2, 0.25) is 0 Å². The Bertz CT molecular complexity index is 687. The minimum atomic E-state index is -0.221. The molecule has 1 N–H and O–H groups in total. The van der Waals surface area contributed by atoms with Crippen molar-refractivity contribution in [2.24, 2.45) is 5.92 Å². The Morgan fingerprint density at radius 1 is 0.472 bits per heavy atom. The van der Waals surface area contributed by atoms with Crippen LogP contribution < -0.4 is 5.32 Å². The van der Waals surface area contributed by atoms with E-state index in [4.69, 9.17) is 9.47 Å². The monoisotopic (exact) mass is 750 g/mol. The summed E-state index contributed by atoms with van der Waals surface area (Å²) in [6, 6.07) is 0. The number of carbonyl (C=O) groups excluding carboxylic acids is 1. The third-order valence-corrected chi connectivity index (χ3v) is 11.4. The summed E-state index contributed by atoms with van der Waals surface area (Å²) in [6.45, 7) is 14.9. The minimum absolute atomic E-state index is 0.0593. The maximum atomic E-state index is 12.8. The van der Waals surface area contributed by atoms with E-state index in [2.05, 4.69) is 46.9 Å². The average Bonchev–Trinajstić information content (AvgIpc) is 3.12. The molecule has 0 fully saturated rings. The van der Waals surface area contributed by atoms with Gasteiger partial charge in [-0.25, -0.2) is 4.79 Å². The van der Waals surface area contributed by atoms with Gasteiger partial charge in [-0.1, -0.05) is 220 Å². The number of rotatable bonds is 43. The lowest BCUT2D eigenvalue weighted by molar-refractivity contribution is -0.0288. The van der Waals surface area contributed by atoms with Crippen LogP contribution in [-0.4, -0.2) is 30.9 Å². The van der Waals surface area contributed by atoms with Gasteiger partial charge >= 0.3 is 6.09 Å². The zero-order valence-electron chi connectivity index (χ0n) is 37.5. The first-order chi connectivity index (χ1) is 25.8. The molecule has 0 radical (unpaired) electrons. The van der Waals surface area contributed by atoms with Crippen molar-refractivity contribution in [3.8, 4) is 0 Å². The van der Waals surface area contributed by atoms with Gasteiger partial charge in [-0.05, 0) is 64.7 Å². The van der Waals surface area contributed by atoms with Crippen LogP contribution in [-0.2, 0) is 9.47 Å². The predicted octanol–water partition coefficient (Wildman–Crippen LogP) is 17.0. The first-order valence-electron chi connectivity index (χ1n) is 24.4. The Kier molecular flexibility index (Phi) is 40.3. The molecule has 0 spiro atoms. The molecule has 0 saturated carbocycles. The molecule has 0 atom stereocenters. The van der Waals surface area contributed by atoms with E-state index in [1.54, 1.807) is 0 Å². The van der Waals surface area contributed by atoms with Gasteiger partial charge in [0.05, 0.1) is 5.60 Å². The summed E-state index contributed by atoms with van der Waals surface area (Å²) < 4.78 is 12.2. The SMILES string of the molecule is CCCCCCCCCCCCCCCCCCC(CCCCCCCCCCCCCCCCCC)OC(=O)NCCCC(C)(C)OCCC(C)C. The van der Waals surface area contributed by atoms with E-state index in [-0.39, 0.29) is 17.8 Å². The Morgan fingerprint density at radius 3 is 1.11 bits per heavy atom. The zero-order chi connectivity index (χ0) is 38.9. The molecule has 0 saturated heterocycles. The molecule has 0 aromatic rings. The lowest BCUT2D eigenvalue weighted by Crippen LogP contribution is -2.32.